The van der Waals surface area contributed by atoms with Gasteiger partial charge in [0.05, 0.1) is 30.0 Å². The number of carbonyl (C=O) groups is 2. The molecule has 1 aliphatic carbocycles. The van der Waals surface area contributed by atoms with E-state index in [0.717, 1.165) is 5.56 Å². The minimum atomic E-state index is -0.379. The summed E-state index contributed by atoms with van der Waals surface area (Å²) in [7, 11) is 3.15. The van der Waals surface area contributed by atoms with Crippen LogP contribution >= 0.6 is 23.2 Å². The van der Waals surface area contributed by atoms with Crippen LogP contribution in [0.3, 0.4) is 0 Å². The molecule has 1 aliphatic heterocycles. The third-order valence-corrected chi connectivity index (χ3v) is 6.47. The number of carbonyl (C=O) groups excluding carboxylic acids is 2. The number of hydrogen-bond donors (Lipinski definition) is 0. The van der Waals surface area contributed by atoms with E-state index in [9.17, 15) is 9.59 Å². The molecule has 0 saturated heterocycles. The number of amides is 1. The fraction of sp³-hybridized carbons (Fsp3) is 0.304. The van der Waals surface area contributed by atoms with Gasteiger partial charge in [0.1, 0.15) is 11.5 Å². The summed E-state index contributed by atoms with van der Waals surface area (Å²) in [5.74, 6) is 0.779. The fourth-order valence-corrected chi connectivity index (χ4v) is 4.69. The lowest BCUT2D eigenvalue weighted by atomic mass is 9.77. The maximum atomic E-state index is 13.3. The number of allylic oxidation sites excluding steroid dienone is 2. The number of nitrogens with zero attached hydrogens (tertiary/aromatic N) is 1. The molecule has 0 spiro atoms. The van der Waals surface area contributed by atoms with Gasteiger partial charge in [-0.3, -0.25) is 14.5 Å². The Morgan fingerprint density at radius 3 is 2.57 bits per heavy atom. The quantitative estimate of drug-likeness (QED) is 0.619. The molecule has 1 amide bonds. The number of ether oxygens (including phenoxy) is 2. The van der Waals surface area contributed by atoms with E-state index in [2.05, 4.69) is 0 Å². The molecule has 0 fully saturated rings. The lowest BCUT2D eigenvalue weighted by Gasteiger charge is -2.39. The van der Waals surface area contributed by atoms with Crippen LogP contribution in [0.2, 0.25) is 10.0 Å². The Hall–Kier alpha value is -2.50. The summed E-state index contributed by atoms with van der Waals surface area (Å²) in [4.78, 5) is 28.0. The van der Waals surface area contributed by atoms with Gasteiger partial charge in [-0.25, -0.2) is 0 Å². The smallest absolute Gasteiger partial charge is 0.232 e. The first-order chi connectivity index (χ1) is 14.5. The van der Waals surface area contributed by atoms with Gasteiger partial charge < -0.3 is 9.47 Å². The van der Waals surface area contributed by atoms with Gasteiger partial charge in [0.15, 0.2) is 5.78 Å². The molecule has 2 aliphatic rings. The molecule has 1 unspecified atom stereocenters. The van der Waals surface area contributed by atoms with Gasteiger partial charge in [0.2, 0.25) is 5.91 Å². The SMILES string of the molecule is COc1ccc(C2CC(=O)N(c3cccc(Cl)c3Cl)C3=C2C(=O)CCC3)c(OC)c1. The molecule has 156 valence electrons. The zero-order valence-corrected chi connectivity index (χ0v) is 18.2. The molecule has 0 radical (unpaired) electrons. The van der Waals surface area contributed by atoms with Crippen LogP contribution in [-0.4, -0.2) is 25.9 Å². The highest BCUT2D eigenvalue weighted by Crippen LogP contribution is 2.47. The Balaban J connectivity index is 1.89. The van der Waals surface area contributed by atoms with Crippen LogP contribution < -0.4 is 14.4 Å². The normalized spacial score (nSPS) is 19.1. The minimum absolute atomic E-state index is 0.0507. The predicted molar refractivity (Wildman–Crippen MR) is 117 cm³/mol. The Morgan fingerprint density at radius 1 is 1.03 bits per heavy atom. The van der Waals surface area contributed by atoms with Gasteiger partial charge in [-0.2, -0.15) is 0 Å². The Morgan fingerprint density at radius 2 is 1.83 bits per heavy atom. The van der Waals surface area contributed by atoms with Gasteiger partial charge in [0.25, 0.3) is 0 Å². The molecule has 0 saturated carbocycles. The summed E-state index contributed by atoms with van der Waals surface area (Å²) in [5.41, 5.74) is 2.66. The summed E-state index contributed by atoms with van der Waals surface area (Å²) in [6, 6.07) is 10.6. The topological polar surface area (TPSA) is 55.8 Å². The summed E-state index contributed by atoms with van der Waals surface area (Å²) in [6.45, 7) is 0. The maximum absolute atomic E-state index is 13.3. The van der Waals surface area contributed by atoms with Crippen molar-refractivity contribution in [2.45, 2.75) is 31.6 Å². The fourth-order valence-electron chi connectivity index (χ4n) is 4.31. The van der Waals surface area contributed by atoms with E-state index in [-0.39, 0.29) is 24.0 Å². The first-order valence-electron chi connectivity index (χ1n) is 9.71. The zero-order chi connectivity index (χ0) is 21.4. The highest BCUT2D eigenvalue weighted by atomic mass is 35.5. The molecule has 7 heteroatoms. The van der Waals surface area contributed by atoms with Gasteiger partial charge >= 0.3 is 0 Å². The number of hydrogen-bond acceptors (Lipinski definition) is 4. The second kappa shape index (κ2) is 8.32. The van der Waals surface area contributed by atoms with Crippen LogP contribution in [0.5, 0.6) is 11.5 Å². The molecule has 5 nitrogen and oxygen atoms in total. The second-order valence-corrected chi connectivity index (χ2v) is 8.09. The summed E-state index contributed by atoms with van der Waals surface area (Å²) < 4.78 is 10.8. The van der Waals surface area contributed by atoms with Gasteiger partial charge in [0, 0.05) is 41.7 Å². The van der Waals surface area contributed by atoms with Crippen molar-refractivity contribution in [2.75, 3.05) is 19.1 Å². The molecule has 0 bridgehead atoms. The molecule has 1 heterocycles. The minimum Gasteiger partial charge on any atom is -0.497 e. The standard InChI is InChI=1S/C23H21Cl2NO4/c1-29-13-9-10-14(20(11-13)30-2)15-12-21(28)26(17-6-4-8-19(27)22(15)17)18-7-3-5-16(24)23(18)25/h3,5,7,9-11,15H,4,6,8,12H2,1-2H3. The number of ketones is 1. The molecule has 1 atom stereocenters. The van der Waals surface area contributed by atoms with Gasteiger partial charge in [-0.15, -0.1) is 0 Å². The summed E-state index contributed by atoms with van der Waals surface area (Å²) in [6.07, 6.45) is 1.89. The Labute approximate surface area is 185 Å². The Kier molecular flexibility index (Phi) is 5.76. The second-order valence-electron chi connectivity index (χ2n) is 7.30. The summed E-state index contributed by atoms with van der Waals surface area (Å²) in [5, 5.41) is 0.670. The molecule has 4 rings (SSSR count). The molecule has 2 aromatic carbocycles. The van der Waals surface area contributed by atoms with Gasteiger partial charge in [-0.1, -0.05) is 35.3 Å². The van der Waals surface area contributed by atoms with Crippen molar-refractivity contribution >= 4 is 40.6 Å². The third-order valence-electron chi connectivity index (χ3n) is 5.66. The number of Topliss-reactive ketones (excluding diaryl/α,β-unsaturated/α-hetero) is 1. The van der Waals surface area contributed by atoms with E-state index in [1.807, 2.05) is 12.1 Å². The average Bonchev–Trinajstić information content (AvgIpc) is 2.75. The van der Waals surface area contributed by atoms with Gasteiger partial charge in [-0.05, 0) is 31.0 Å². The van der Waals surface area contributed by atoms with Crippen LogP contribution in [0.15, 0.2) is 47.7 Å². The number of halogens is 2. The van der Waals surface area contributed by atoms with E-state index in [0.29, 0.717) is 57.8 Å². The molecule has 30 heavy (non-hydrogen) atoms. The van der Waals surface area contributed by atoms with E-state index < -0.39 is 0 Å². The van der Waals surface area contributed by atoms with E-state index in [1.165, 1.54) is 0 Å². The monoisotopic (exact) mass is 445 g/mol. The molecular formula is C23H21Cl2NO4. The van der Waals surface area contributed by atoms with Crippen LogP contribution in [0.1, 0.15) is 37.2 Å². The average molecular weight is 446 g/mol. The van der Waals surface area contributed by atoms with Crippen molar-refractivity contribution in [3.05, 3.63) is 63.3 Å². The predicted octanol–water partition coefficient (Wildman–Crippen LogP) is 5.54. The third kappa shape index (κ3) is 3.46. The van der Waals surface area contributed by atoms with Crippen LogP contribution in [0, 0.1) is 0 Å². The van der Waals surface area contributed by atoms with E-state index >= 15 is 0 Å². The van der Waals surface area contributed by atoms with Crippen molar-refractivity contribution < 1.29 is 19.1 Å². The Bertz CT molecular complexity index is 1060. The lowest BCUT2D eigenvalue weighted by Crippen LogP contribution is -2.40. The first kappa shape index (κ1) is 20.8. The van der Waals surface area contributed by atoms with Crippen molar-refractivity contribution in [3.63, 3.8) is 0 Å². The number of anilines is 1. The summed E-state index contributed by atoms with van der Waals surface area (Å²) >= 11 is 12.6. The lowest BCUT2D eigenvalue weighted by molar-refractivity contribution is -0.119. The highest BCUT2D eigenvalue weighted by molar-refractivity contribution is 6.44. The maximum Gasteiger partial charge on any atom is 0.232 e. The van der Waals surface area contributed by atoms with Crippen molar-refractivity contribution in [1.29, 1.82) is 0 Å². The molecule has 0 N–H and O–H groups in total. The number of methoxy groups -OCH3 is 2. The molecular weight excluding hydrogens is 425 g/mol. The van der Waals surface area contributed by atoms with E-state index in [1.54, 1.807) is 43.4 Å². The largest absolute Gasteiger partial charge is 0.497 e. The van der Waals surface area contributed by atoms with Crippen LogP contribution in [0.4, 0.5) is 5.69 Å². The molecule has 2 aromatic rings. The number of rotatable bonds is 4. The van der Waals surface area contributed by atoms with Crippen LogP contribution in [-0.2, 0) is 9.59 Å². The van der Waals surface area contributed by atoms with Crippen molar-refractivity contribution in [2.24, 2.45) is 0 Å². The highest BCUT2D eigenvalue weighted by Gasteiger charge is 2.41. The number of benzene rings is 2. The first-order valence-corrected chi connectivity index (χ1v) is 10.5. The van der Waals surface area contributed by atoms with Crippen molar-refractivity contribution in [1.82, 2.24) is 0 Å². The molecule has 0 aromatic heterocycles. The van der Waals surface area contributed by atoms with Crippen LogP contribution in [0.25, 0.3) is 0 Å². The van der Waals surface area contributed by atoms with E-state index in [4.69, 9.17) is 32.7 Å². The zero-order valence-electron chi connectivity index (χ0n) is 16.7. The van der Waals surface area contributed by atoms with Crippen molar-refractivity contribution in [3.8, 4) is 11.5 Å².